The van der Waals surface area contributed by atoms with Crippen LogP contribution in [0.3, 0.4) is 0 Å². The van der Waals surface area contributed by atoms with Gasteiger partial charge >= 0.3 is 0 Å². The number of carbonyl (C=O) groups is 1. The second-order valence-electron chi connectivity index (χ2n) is 3.52. The summed E-state index contributed by atoms with van der Waals surface area (Å²) < 4.78 is 18.6. The molecule has 0 atom stereocenters. The van der Waals surface area contributed by atoms with E-state index in [2.05, 4.69) is 5.32 Å². The molecule has 0 saturated heterocycles. The third-order valence-corrected chi connectivity index (χ3v) is 2.19. The second-order valence-corrected chi connectivity index (χ2v) is 3.52. The molecule has 1 aromatic carbocycles. The minimum atomic E-state index is -0.455. The lowest BCUT2D eigenvalue weighted by Crippen LogP contribution is -2.24. The molecule has 1 amide bonds. The molecule has 17 heavy (non-hydrogen) atoms. The zero-order valence-corrected chi connectivity index (χ0v) is 9.83. The largest absolute Gasteiger partial charge is 0.490 e. The van der Waals surface area contributed by atoms with E-state index in [1.807, 2.05) is 6.92 Å². The number of ether oxygens (including phenoxy) is 1. The molecule has 1 rings (SSSR count). The van der Waals surface area contributed by atoms with Gasteiger partial charge in [-0.3, -0.25) is 4.79 Å². The minimum Gasteiger partial charge on any atom is -0.490 e. The molecule has 0 radical (unpaired) electrons. The molecule has 0 bridgehead atoms. The van der Waals surface area contributed by atoms with Gasteiger partial charge in [0.05, 0.1) is 13.0 Å². The highest BCUT2D eigenvalue weighted by atomic mass is 19.1. The summed E-state index contributed by atoms with van der Waals surface area (Å²) in [6.07, 6.45) is 0.214. The molecule has 0 heterocycles. The predicted molar refractivity (Wildman–Crippen MR) is 63.1 cm³/mol. The fourth-order valence-corrected chi connectivity index (χ4v) is 1.33. The Hall–Kier alpha value is -1.62. The van der Waals surface area contributed by atoms with Crippen molar-refractivity contribution < 1.29 is 13.9 Å². The van der Waals surface area contributed by atoms with Crippen LogP contribution in [-0.2, 0) is 11.3 Å². The topological polar surface area (TPSA) is 64.3 Å². The molecule has 0 spiro atoms. The van der Waals surface area contributed by atoms with Gasteiger partial charge in [0.1, 0.15) is 0 Å². The van der Waals surface area contributed by atoms with Crippen molar-refractivity contribution in [1.82, 2.24) is 5.32 Å². The van der Waals surface area contributed by atoms with Gasteiger partial charge in [-0.15, -0.1) is 0 Å². The molecule has 5 heteroatoms. The summed E-state index contributed by atoms with van der Waals surface area (Å²) in [5.41, 5.74) is 6.09. The first-order valence-electron chi connectivity index (χ1n) is 5.55. The van der Waals surface area contributed by atoms with Crippen LogP contribution in [0.5, 0.6) is 5.75 Å². The highest BCUT2D eigenvalue weighted by molar-refractivity contribution is 5.75. The number of halogens is 1. The van der Waals surface area contributed by atoms with Gasteiger partial charge in [0.25, 0.3) is 0 Å². The second kappa shape index (κ2) is 6.85. The van der Waals surface area contributed by atoms with Crippen LogP contribution in [0.2, 0.25) is 0 Å². The molecule has 0 fully saturated rings. The van der Waals surface area contributed by atoms with Crippen molar-refractivity contribution in [2.75, 3.05) is 13.2 Å². The summed E-state index contributed by atoms with van der Waals surface area (Å²) in [7, 11) is 0. The first-order valence-corrected chi connectivity index (χ1v) is 5.55. The van der Waals surface area contributed by atoms with Crippen molar-refractivity contribution >= 4 is 5.91 Å². The Kier molecular flexibility index (Phi) is 5.42. The van der Waals surface area contributed by atoms with Gasteiger partial charge in [-0.2, -0.15) is 0 Å². The van der Waals surface area contributed by atoms with Crippen molar-refractivity contribution in [3.05, 3.63) is 29.6 Å². The van der Waals surface area contributed by atoms with E-state index in [-0.39, 0.29) is 31.2 Å². The molecule has 0 aliphatic carbocycles. The molecule has 0 aliphatic heterocycles. The molecule has 0 aromatic heterocycles. The molecule has 3 N–H and O–H groups in total. The summed E-state index contributed by atoms with van der Waals surface area (Å²) >= 11 is 0. The molecular weight excluding hydrogens is 223 g/mol. The van der Waals surface area contributed by atoms with E-state index in [1.54, 1.807) is 6.07 Å². The van der Waals surface area contributed by atoms with E-state index < -0.39 is 5.82 Å². The lowest BCUT2D eigenvalue weighted by Gasteiger charge is -2.08. The maximum atomic E-state index is 13.4. The molecule has 94 valence electrons. The van der Waals surface area contributed by atoms with Crippen LogP contribution in [0.4, 0.5) is 4.39 Å². The zero-order chi connectivity index (χ0) is 12.7. The van der Waals surface area contributed by atoms with Gasteiger partial charge in [-0.1, -0.05) is 6.07 Å². The van der Waals surface area contributed by atoms with Gasteiger partial charge in [0.15, 0.2) is 11.6 Å². The molecule has 1 aromatic rings. The highest BCUT2D eigenvalue weighted by Gasteiger charge is 2.05. The summed E-state index contributed by atoms with van der Waals surface area (Å²) in [5, 5.41) is 2.64. The highest BCUT2D eigenvalue weighted by Crippen LogP contribution is 2.18. The maximum absolute atomic E-state index is 13.4. The number of benzene rings is 1. The van der Waals surface area contributed by atoms with Crippen LogP contribution in [0, 0.1) is 5.82 Å². The number of nitrogens with one attached hydrogen (secondary N) is 1. The van der Waals surface area contributed by atoms with Crippen molar-refractivity contribution in [3.63, 3.8) is 0 Å². The first kappa shape index (κ1) is 13.4. The van der Waals surface area contributed by atoms with E-state index in [9.17, 15) is 9.18 Å². The van der Waals surface area contributed by atoms with Gasteiger partial charge in [-0.25, -0.2) is 4.39 Å². The van der Waals surface area contributed by atoms with Crippen LogP contribution < -0.4 is 15.8 Å². The van der Waals surface area contributed by atoms with Gasteiger partial charge in [0.2, 0.25) is 5.91 Å². The van der Waals surface area contributed by atoms with E-state index in [0.29, 0.717) is 12.1 Å². The molecule has 0 saturated carbocycles. The monoisotopic (exact) mass is 240 g/mol. The van der Waals surface area contributed by atoms with E-state index >= 15 is 0 Å². The first-order chi connectivity index (χ1) is 8.17. The van der Waals surface area contributed by atoms with Gasteiger partial charge in [0, 0.05) is 13.1 Å². The van der Waals surface area contributed by atoms with Crippen LogP contribution in [-0.4, -0.2) is 19.1 Å². The summed E-state index contributed by atoms with van der Waals surface area (Å²) in [5.74, 6) is -0.415. The van der Waals surface area contributed by atoms with E-state index in [4.69, 9.17) is 10.5 Å². The van der Waals surface area contributed by atoms with Crippen molar-refractivity contribution in [3.8, 4) is 5.75 Å². The summed E-state index contributed by atoms with van der Waals surface area (Å²) in [6.45, 7) is 2.86. The Morgan fingerprint density at radius 1 is 1.53 bits per heavy atom. The molecule has 4 nitrogen and oxygen atoms in total. The van der Waals surface area contributed by atoms with Crippen LogP contribution in [0.25, 0.3) is 0 Å². The number of rotatable bonds is 6. The number of carbonyl (C=O) groups excluding carboxylic acids is 1. The average molecular weight is 240 g/mol. The summed E-state index contributed by atoms with van der Waals surface area (Å²) in [6, 6.07) is 4.56. The Balaban J connectivity index is 2.44. The quantitative estimate of drug-likeness (QED) is 0.785. The van der Waals surface area contributed by atoms with Gasteiger partial charge in [-0.05, 0) is 24.6 Å². The lowest BCUT2D eigenvalue weighted by atomic mass is 10.2. The van der Waals surface area contributed by atoms with Crippen molar-refractivity contribution in [2.45, 2.75) is 19.9 Å². The number of nitrogens with two attached hydrogens (primary N) is 1. The molecule has 0 aliphatic rings. The van der Waals surface area contributed by atoms with Crippen LogP contribution in [0.1, 0.15) is 18.9 Å². The average Bonchev–Trinajstić information content (AvgIpc) is 2.31. The van der Waals surface area contributed by atoms with Crippen molar-refractivity contribution in [2.24, 2.45) is 5.73 Å². The standard InChI is InChI=1S/C12H17FN2O2/c1-2-15-12(16)5-6-17-11-4-3-9(8-14)7-10(11)13/h3-4,7H,2,5-6,8,14H2,1H3,(H,15,16). The van der Waals surface area contributed by atoms with Crippen LogP contribution in [0.15, 0.2) is 18.2 Å². The molecule has 0 unspecified atom stereocenters. The Morgan fingerprint density at radius 2 is 2.29 bits per heavy atom. The SMILES string of the molecule is CCNC(=O)CCOc1ccc(CN)cc1F. The van der Waals surface area contributed by atoms with Crippen LogP contribution >= 0.6 is 0 Å². The molecular formula is C12H17FN2O2. The third-order valence-electron chi connectivity index (χ3n) is 2.19. The smallest absolute Gasteiger partial charge is 0.223 e. The summed E-state index contributed by atoms with van der Waals surface area (Å²) in [4.78, 5) is 11.1. The third kappa shape index (κ3) is 4.40. The maximum Gasteiger partial charge on any atom is 0.223 e. The normalized spacial score (nSPS) is 10.1. The zero-order valence-electron chi connectivity index (χ0n) is 9.83. The Morgan fingerprint density at radius 3 is 2.88 bits per heavy atom. The van der Waals surface area contributed by atoms with E-state index in [0.717, 1.165) is 0 Å². The van der Waals surface area contributed by atoms with Crippen molar-refractivity contribution in [1.29, 1.82) is 0 Å². The Labute approximate surface area is 100.0 Å². The minimum absolute atomic E-state index is 0.105. The fraction of sp³-hybridized carbons (Fsp3) is 0.417. The Bertz CT molecular complexity index is 383. The van der Waals surface area contributed by atoms with Gasteiger partial charge < -0.3 is 15.8 Å². The lowest BCUT2D eigenvalue weighted by molar-refractivity contribution is -0.121. The number of hydrogen-bond donors (Lipinski definition) is 2. The fourth-order valence-electron chi connectivity index (χ4n) is 1.33. The van der Waals surface area contributed by atoms with E-state index in [1.165, 1.54) is 12.1 Å². The number of amides is 1. The predicted octanol–water partition coefficient (Wildman–Crippen LogP) is 1.19. The number of hydrogen-bond acceptors (Lipinski definition) is 3.